The fraction of sp³-hybridized carbons (Fsp3) is 1.00. The van der Waals surface area contributed by atoms with E-state index >= 15 is 0 Å². The number of hydrogen-bond donors (Lipinski definition) is 1. The van der Waals surface area contributed by atoms with Crippen molar-refractivity contribution in [3.63, 3.8) is 0 Å². The largest absolute Gasteiger partial charge is 0.382 e. The van der Waals surface area contributed by atoms with E-state index in [1.807, 2.05) is 11.8 Å². The average molecular weight is 192 g/mol. The van der Waals surface area contributed by atoms with Crippen molar-refractivity contribution in [3.05, 3.63) is 0 Å². The minimum atomic E-state index is -0.118. The fourth-order valence-electron chi connectivity index (χ4n) is 1.38. The van der Waals surface area contributed by atoms with Crippen LogP contribution >= 0.6 is 23.5 Å². The second kappa shape index (κ2) is 4.63. The summed E-state index contributed by atoms with van der Waals surface area (Å²) < 4.78 is 0. The summed E-state index contributed by atoms with van der Waals surface area (Å²) in [5.41, 5.74) is -0.118. The topological polar surface area (TPSA) is 20.2 Å². The zero-order chi connectivity index (χ0) is 8.27. The van der Waals surface area contributed by atoms with Crippen molar-refractivity contribution in [3.8, 4) is 0 Å². The molecule has 1 aliphatic heterocycles. The predicted molar refractivity (Wildman–Crippen MR) is 54.2 cm³/mol. The van der Waals surface area contributed by atoms with Crippen molar-refractivity contribution >= 4 is 23.5 Å². The molecular formula is C8H16OS2. The Balaban J connectivity index is 2.41. The highest BCUT2D eigenvalue weighted by Gasteiger charge is 2.27. The summed E-state index contributed by atoms with van der Waals surface area (Å²) in [7, 11) is 0. The second-order valence-corrected chi connectivity index (χ2v) is 5.51. The van der Waals surface area contributed by atoms with Crippen LogP contribution < -0.4 is 0 Å². The van der Waals surface area contributed by atoms with Crippen LogP contribution in [0.4, 0.5) is 0 Å². The van der Waals surface area contributed by atoms with Crippen LogP contribution in [-0.2, 0) is 0 Å². The monoisotopic (exact) mass is 192 g/mol. The van der Waals surface area contributed by atoms with Gasteiger partial charge in [-0.25, -0.2) is 0 Å². The van der Waals surface area contributed by atoms with Gasteiger partial charge in [-0.15, -0.1) is 11.8 Å². The van der Waals surface area contributed by atoms with Gasteiger partial charge in [0.1, 0.15) is 5.44 Å². The minimum Gasteiger partial charge on any atom is -0.382 e. The molecule has 0 aromatic carbocycles. The molecule has 1 heterocycles. The molecule has 0 saturated carbocycles. The van der Waals surface area contributed by atoms with Gasteiger partial charge in [-0.2, -0.15) is 11.8 Å². The molecule has 0 amide bonds. The summed E-state index contributed by atoms with van der Waals surface area (Å²) in [6, 6.07) is 0. The lowest BCUT2D eigenvalue weighted by Crippen LogP contribution is -2.29. The Labute approximate surface area is 77.3 Å². The molecule has 1 nitrogen and oxygen atoms in total. The first kappa shape index (κ1) is 9.75. The molecule has 3 heteroatoms. The summed E-state index contributed by atoms with van der Waals surface area (Å²) in [5.74, 6) is 0.916. The molecule has 1 rings (SSSR count). The van der Waals surface area contributed by atoms with Crippen molar-refractivity contribution in [1.29, 1.82) is 0 Å². The Morgan fingerprint density at radius 2 is 1.91 bits per heavy atom. The average Bonchev–Trinajstić information content (AvgIpc) is 2.04. The molecule has 0 radical (unpaired) electrons. The summed E-state index contributed by atoms with van der Waals surface area (Å²) >= 11 is 3.69. The molecule has 0 aromatic rings. The summed E-state index contributed by atoms with van der Waals surface area (Å²) in [4.78, 5) is 0. The number of hydrogen-bond acceptors (Lipinski definition) is 3. The van der Waals surface area contributed by atoms with E-state index in [2.05, 4.69) is 13.8 Å². The van der Waals surface area contributed by atoms with Crippen molar-refractivity contribution in [1.82, 2.24) is 0 Å². The van der Waals surface area contributed by atoms with Gasteiger partial charge in [0.05, 0.1) is 0 Å². The highest BCUT2D eigenvalue weighted by molar-refractivity contribution is 8.07. The van der Waals surface area contributed by atoms with Gasteiger partial charge in [-0.3, -0.25) is 0 Å². The summed E-state index contributed by atoms with van der Waals surface area (Å²) in [6.45, 7) is 4.44. The number of aliphatic hydroxyl groups excluding tert-OH is 1. The van der Waals surface area contributed by atoms with Crippen LogP contribution in [0.5, 0.6) is 0 Å². The van der Waals surface area contributed by atoms with E-state index in [0.29, 0.717) is 5.25 Å². The highest BCUT2D eigenvalue weighted by atomic mass is 32.2. The van der Waals surface area contributed by atoms with E-state index in [9.17, 15) is 5.11 Å². The molecule has 0 spiro atoms. The van der Waals surface area contributed by atoms with E-state index in [4.69, 9.17) is 0 Å². The Hall–Kier alpha value is 0.660. The van der Waals surface area contributed by atoms with Gasteiger partial charge in [0, 0.05) is 16.3 Å². The van der Waals surface area contributed by atoms with Gasteiger partial charge >= 0.3 is 0 Å². The third kappa shape index (κ3) is 2.56. The third-order valence-corrected chi connectivity index (χ3v) is 5.48. The van der Waals surface area contributed by atoms with E-state index < -0.39 is 0 Å². The molecule has 1 N–H and O–H groups in total. The number of thioether (sulfide) groups is 2. The summed E-state index contributed by atoms with van der Waals surface area (Å²) in [5, 5.41) is 10.8. The van der Waals surface area contributed by atoms with Crippen molar-refractivity contribution in [2.75, 3.05) is 5.75 Å². The van der Waals surface area contributed by atoms with Gasteiger partial charge in [0.2, 0.25) is 0 Å². The molecule has 3 unspecified atom stereocenters. The van der Waals surface area contributed by atoms with Crippen LogP contribution in [0.25, 0.3) is 0 Å². The van der Waals surface area contributed by atoms with Crippen molar-refractivity contribution < 1.29 is 5.11 Å². The zero-order valence-corrected chi connectivity index (χ0v) is 8.75. The molecule has 1 fully saturated rings. The smallest absolute Gasteiger partial charge is 0.109 e. The molecule has 0 aliphatic carbocycles. The van der Waals surface area contributed by atoms with Crippen LogP contribution in [0.1, 0.15) is 26.7 Å². The first-order valence-electron chi connectivity index (χ1n) is 4.23. The maximum atomic E-state index is 9.37. The maximum Gasteiger partial charge on any atom is 0.109 e. The van der Waals surface area contributed by atoms with Crippen LogP contribution in [0.3, 0.4) is 0 Å². The molecule has 1 saturated heterocycles. The minimum absolute atomic E-state index is 0.118. The van der Waals surface area contributed by atoms with Gasteiger partial charge in [0.25, 0.3) is 0 Å². The standard InChI is InChI=1S/C8H16OS2/c1-3-6-7(4-2)11-8(9)5-10-6/h6-9H,3-5H2,1-2H3. The van der Waals surface area contributed by atoms with Gasteiger partial charge < -0.3 is 5.11 Å². The molecule has 11 heavy (non-hydrogen) atoms. The van der Waals surface area contributed by atoms with Gasteiger partial charge in [-0.05, 0) is 12.8 Å². The zero-order valence-electron chi connectivity index (χ0n) is 7.12. The molecule has 1 aliphatic rings. The van der Waals surface area contributed by atoms with Crippen LogP contribution in [0, 0.1) is 0 Å². The lowest BCUT2D eigenvalue weighted by Gasteiger charge is -2.31. The van der Waals surface area contributed by atoms with Crippen LogP contribution in [-0.4, -0.2) is 26.8 Å². The third-order valence-electron chi connectivity index (χ3n) is 2.00. The fourth-order valence-corrected chi connectivity index (χ4v) is 4.38. The lowest BCUT2D eigenvalue weighted by molar-refractivity contribution is 0.285. The van der Waals surface area contributed by atoms with E-state index in [-0.39, 0.29) is 5.44 Å². The molecule has 66 valence electrons. The first-order valence-corrected chi connectivity index (χ1v) is 6.22. The SMILES string of the molecule is CCC1SCC(O)SC1CC. The Morgan fingerprint density at radius 3 is 2.45 bits per heavy atom. The predicted octanol–water partition coefficient (Wildman–Crippen LogP) is 2.34. The Morgan fingerprint density at radius 1 is 1.27 bits per heavy atom. The highest BCUT2D eigenvalue weighted by Crippen LogP contribution is 2.37. The number of rotatable bonds is 2. The lowest BCUT2D eigenvalue weighted by atomic mass is 10.2. The molecular weight excluding hydrogens is 176 g/mol. The normalized spacial score (nSPS) is 39.0. The Bertz CT molecular complexity index is 119. The van der Waals surface area contributed by atoms with Gasteiger partial charge in [0.15, 0.2) is 0 Å². The van der Waals surface area contributed by atoms with E-state index in [1.165, 1.54) is 12.8 Å². The van der Waals surface area contributed by atoms with Crippen LogP contribution in [0.2, 0.25) is 0 Å². The Kier molecular flexibility index (Phi) is 4.10. The summed E-state index contributed by atoms with van der Waals surface area (Å²) in [6.07, 6.45) is 2.43. The van der Waals surface area contributed by atoms with Crippen molar-refractivity contribution in [2.45, 2.75) is 42.6 Å². The van der Waals surface area contributed by atoms with Gasteiger partial charge in [-0.1, -0.05) is 13.8 Å². The molecule has 0 bridgehead atoms. The maximum absolute atomic E-state index is 9.37. The van der Waals surface area contributed by atoms with Crippen LogP contribution in [0.15, 0.2) is 0 Å². The van der Waals surface area contributed by atoms with E-state index in [1.54, 1.807) is 11.8 Å². The molecule has 0 aromatic heterocycles. The quantitative estimate of drug-likeness (QED) is 0.725. The molecule has 3 atom stereocenters. The number of aliphatic hydroxyl groups is 1. The van der Waals surface area contributed by atoms with E-state index in [0.717, 1.165) is 11.0 Å². The first-order chi connectivity index (χ1) is 5.27. The second-order valence-electron chi connectivity index (χ2n) is 2.82. The van der Waals surface area contributed by atoms with Crippen molar-refractivity contribution in [2.24, 2.45) is 0 Å².